The van der Waals surface area contributed by atoms with E-state index < -0.39 is 0 Å². The maximum Gasteiger partial charge on any atom is 0.279 e. The van der Waals surface area contributed by atoms with Gasteiger partial charge in [-0.2, -0.15) is 0 Å². The van der Waals surface area contributed by atoms with Crippen LogP contribution in [0.1, 0.15) is 20.2 Å². The molecule has 0 fully saturated rings. The molecule has 0 aliphatic carbocycles. The van der Waals surface area contributed by atoms with Gasteiger partial charge in [-0.25, -0.2) is 0 Å². The summed E-state index contributed by atoms with van der Waals surface area (Å²) >= 11 is 1.38. The Bertz CT molecular complexity index is 633. The molecule has 18 heavy (non-hydrogen) atoms. The second kappa shape index (κ2) is 4.96. The minimum atomic E-state index is -0.353. The van der Waals surface area contributed by atoms with Gasteiger partial charge in [-0.05, 0) is 26.0 Å². The molecule has 0 atom stereocenters. The zero-order chi connectivity index (χ0) is 13.1. The van der Waals surface area contributed by atoms with E-state index in [9.17, 15) is 9.59 Å². The number of nitrogens with one attached hydrogen (secondary N) is 3. The summed E-state index contributed by atoms with van der Waals surface area (Å²) in [4.78, 5) is 27.0. The summed E-state index contributed by atoms with van der Waals surface area (Å²) in [6.45, 7) is 3.46. The summed E-state index contributed by atoms with van der Waals surface area (Å²) in [6.07, 6.45) is 0. The molecule has 0 aliphatic heterocycles. The number of anilines is 1. The summed E-state index contributed by atoms with van der Waals surface area (Å²) in [6, 6.07) is 3.58. The van der Waals surface area contributed by atoms with E-state index in [1.54, 1.807) is 13.0 Å². The Hall–Kier alpha value is -2.22. The van der Waals surface area contributed by atoms with Gasteiger partial charge in [0.2, 0.25) is 5.95 Å². The smallest absolute Gasteiger partial charge is 0.279 e. The van der Waals surface area contributed by atoms with E-state index in [-0.39, 0.29) is 23.1 Å². The number of aromatic nitrogens is 3. The molecule has 0 spiro atoms. The molecule has 94 valence electrons. The molecule has 1 amide bonds. The van der Waals surface area contributed by atoms with Crippen molar-refractivity contribution in [3.05, 3.63) is 37.9 Å². The number of amides is 1. The highest BCUT2D eigenvalue weighted by Gasteiger charge is 2.08. The SMILES string of the molecule is Cc1ccc(C(=O)NNc2nnc(C)c(=O)[nH]2)s1. The van der Waals surface area contributed by atoms with E-state index in [0.29, 0.717) is 4.88 Å². The number of nitrogens with zero attached hydrogens (tertiary/aromatic N) is 2. The fourth-order valence-electron chi connectivity index (χ4n) is 1.18. The third-order valence-electron chi connectivity index (χ3n) is 2.12. The van der Waals surface area contributed by atoms with E-state index in [0.717, 1.165) is 4.88 Å². The van der Waals surface area contributed by atoms with Crippen LogP contribution in [0.15, 0.2) is 16.9 Å². The highest BCUT2D eigenvalue weighted by atomic mass is 32.1. The molecule has 0 saturated carbocycles. The van der Waals surface area contributed by atoms with Gasteiger partial charge in [0.1, 0.15) is 5.69 Å². The lowest BCUT2D eigenvalue weighted by molar-refractivity contribution is 0.0966. The molecule has 7 nitrogen and oxygen atoms in total. The van der Waals surface area contributed by atoms with Crippen molar-refractivity contribution in [2.75, 3.05) is 5.43 Å². The first kappa shape index (κ1) is 12.2. The van der Waals surface area contributed by atoms with Crippen molar-refractivity contribution in [1.82, 2.24) is 20.6 Å². The molecule has 0 bridgehead atoms. The Balaban J connectivity index is 2.01. The second-order valence-electron chi connectivity index (χ2n) is 3.58. The summed E-state index contributed by atoms with van der Waals surface area (Å²) in [5, 5.41) is 7.31. The maximum atomic E-state index is 11.7. The Morgan fingerprint density at radius 2 is 2.11 bits per heavy atom. The van der Waals surface area contributed by atoms with E-state index in [1.165, 1.54) is 11.3 Å². The highest BCUT2D eigenvalue weighted by molar-refractivity contribution is 7.13. The molecule has 0 saturated heterocycles. The number of carbonyl (C=O) groups is 1. The van der Waals surface area contributed by atoms with Gasteiger partial charge in [0.15, 0.2) is 0 Å². The summed E-state index contributed by atoms with van der Waals surface area (Å²) < 4.78 is 0. The van der Waals surface area contributed by atoms with Crippen LogP contribution in [0.5, 0.6) is 0 Å². The third-order valence-corrected chi connectivity index (χ3v) is 3.12. The minimum Gasteiger partial charge on any atom is -0.288 e. The van der Waals surface area contributed by atoms with Gasteiger partial charge in [0, 0.05) is 4.88 Å². The van der Waals surface area contributed by atoms with E-state index in [2.05, 4.69) is 26.0 Å². The van der Waals surface area contributed by atoms with Crippen molar-refractivity contribution in [3.8, 4) is 0 Å². The van der Waals surface area contributed by atoms with Crippen molar-refractivity contribution in [3.63, 3.8) is 0 Å². The first-order chi connectivity index (χ1) is 8.56. The van der Waals surface area contributed by atoms with Crippen LogP contribution in [-0.2, 0) is 0 Å². The maximum absolute atomic E-state index is 11.7. The van der Waals surface area contributed by atoms with Crippen LogP contribution in [-0.4, -0.2) is 21.1 Å². The molecule has 2 rings (SSSR count). The first-order valence-electron chi connectivity index (χ1n) is 5.12. The Morgan fingerprint density at radius 3 is 2.72 bits per heavy atom. The minimum absolute atomic E-state index is 0.0900. The number of hydrogen-bond donors (Lipinski definition) is 3. The molecule has 2 aromatic heterocycles. The van der Waals surface area contributed by atoms with Crippen LogP contribution in [0.2, 0.25) is 0 Å². The van der Waals surface area contributed by atoms with Crippen LogP contribution >= 0.6 is 11.3 Å². The standard InChI is InChI=1S/C10H11N5O2S/c1-5-3-4-7(18-5)9(17)13-15-10-11-8(16)6(2)12-14-10/h3-4H,1-2H3,(H,13,17)(H2,11,14,15,16). The van der Waals surface area contributed by atoms with Crippen LogP contribution in [0.25, 0.3) is 0 Å². The number of H-pyrrole nitrogens is 1. The van der Waals surface area contributed by atoms with Gasteiger partial charge in [-0.3, -0.25) is 25.4 Å². The number of hydrazine groups is 1. The van der Waals surface area contributed by atoms with Crippen LogP contribution in [0, 0.1) is 13.8 Å². The van der Waals surface area contributed by atoms with Crippen LogP contribution in [0.3, 0.4) is 0 Å². The Labute approximate surface area is 106 Å². The van der Waals surface area contributed by atoms with Crippen molar-refractivity contribution >= 4 is 23.2 Å². The predicted molar refractivity (Wildman–Crippen MR) is 67.5 cm³/mol. The quantitative estimate of drug-likeness (QED) is 0.706. The topological polar surface area (TPSA) is 99.8 Å². The largest absolute Gasteiger partial charge is 0.288 e. The third kappa shape index (κ3) is 2.72. The van der Waals surface area contributed by atoms with Crippen molar-refractivity contribution in [1.29, 1.82) is 0 Å². The van der Waals surface area contributed by atoms with Crippen LogP contribution in [0.4, 0.5) is 5.95 Å². The average Bonchev–Trinajstić information content (AvgIpc) is 2.77. The molecular weight excluding hydrogens is 254 g/mol. The summed E-state index contributed by atoms with van der Waals surface area (Å²) in [5.74, 6) is -0.205. The summed E-state index contributed by atoms with van der Waals surface area (Å²) in [5.41, 5.74) is 4.83. The van der Waals surface area contributed by atoms with E-state index >= 15 is 0 Å². The second-order valence-corrected chi connectivity index (χ2v) is 4.87. The predicted octanol–water partition coefficient (Wildman–Crippen LogP) is 0.600. The number of carbonyl (C=O) groups excluding carboxylic acids is 1. The van der Waals surface area contributed by atoms with Crippen molar-refractivity contribution in [2.24, 2.45) is 0 Å². The molecule has 2 heterocycles. The zero-order valence-corrected chi connectivity index (χ0v) is 10.6. The van der Waals surface area contributed by atoms with Crippen molar-refractivity contribution in [2.45, 2.75) is 13.8 Å². The van der Waals surface area contributed by atoms with Gasteiger partial charge in [-0.15, -0.1) is 21.5 Å². The number of aromatic amines is 1. The monoisotopic (exact) mass is 265 g/mol. The number of rotatable bonds is 3. The molecule has 0 unspecified atom stereocenters. The highest BCUT2D eigenvalue weighted by Crippen LogP contribution is 2.14. The van der Waals surface area contributed by atoms with Gasteiger partial charge in [0.25, 0.3) is 11.5 Å². The molecule has 3 N–H and O–H groups in total. The Kier molecular flexibility index (Phi) is 3.38. The van der Waals surface area contributed by atoms with Crippen molar-refractivity contribution < 1.29 is 4.79 Å². The molecule has 0 aliphatic rings. The molecule has 0 aromatic carbocycles. The molecule has 2 aromatic rings. The Morgan fingerprint density at radius 1 is 1.33 bits per heavy atom. The van der Waals surface area contributed by atoms with E-state index in [1.807, 2.05) is 13.0 Å². The van der Waals surface area contributed by atoms with E-state index in [4.69, 9.17) is 0 Å². The number of hydrogen-bond acceptors (Lipinski definition) is 6. The molecule has 0 radical (unpaired) electrons. The fourth-order valence-corrected chi connectivity index (χ4v) is 1.95. The first-order valence-corrected chi connectivity index (χ1v) is 5.94. The van der Waals surface area contributed by atoms with Gasteiger partial charge in [0.05, 0.1) is 4.88 Å². The molecular formula is C10H11N5O2S. The van der Waals surface area contributed by atoms with Gasteiger partial charge in [-0.1, -0.05) is 0 Å². The van der Waals surface area contributed by atoms with Crippen LogP contribution < -0.4 is 16.4 Å². The normalized spacial score (nSPS) is 10.1. The van der Waals surface area contributed by atoms with Gasteiger partial charge >= 0.3 is 0 Å². The van der Waals surface area contributed by atoms with Gasteiger partial charge < -0.3 is 0 Å². The zero-order valence-electron chi connectivity index (χ0n) is 9.77. The average molecular weight is 265 g/mol. The summed E-state index contributed by atoms with van der Waals surface area (Å²) in [7, 11) is 0. The fraction of sp³-hybridized carbons (Fsp3) is 0.200. The number of thiophene rings is 1. The lowest BCUT2D eigenvalue weighted by atomic mass is 10.4. The lowest BCUT2D eigenvalue weighted by Crippen LogP contribution is -2.31. The number of aryl methyl sites for hydroxylation is 2. The molecule has 8 heteroatoms. The lowest BCUT2D eigenvalue weighted by Gasteiger charge is -2.05.